The van der Waals surface area contributed by atoms with Crippen LogP contribution in [0, 0.1) is 0 Å². The quantitative estimate of drug-likeness (QED) is 0.774. The lowest BCUT2D eigenvalue weighted by Gasteiger charge is -2.25. The number of rotatable bonds is 3. The fraction of sp³-hybridized carbons (Fsp3) is 0.462. The first-order chi connectivity index (χ1) is 7.88. The van der Waals surface area contributed by atoms with Crippen LogP contribution in [0.5, 0.6) is 0 Å². The molecule has 86 valence electrons. The van der Waals surface area contributed by atoms with Gasteiger partial charge in [-0.2, -0.15) is 0 Å². The highest BCUT2D eigenvalue weighted by atomic mass is 16.5. The smallest absolute Gasteiger partial charge is 0.197 e. The van der Waals surface area contributed by atoms with Gasteiger partial charge < -0.3 is 4.74 Å². The first kappa shape index (κ1) is 11.1. The van der Waals surface area contributed by atoms with Crippen LogP contribution in [-0.2, 0) is 11.3 Å². The first-order valence-corrected chi connectivity index (χ1v) is 5.81. The molecule has 0 spiro atoms. The van der Waals surface area contributed by atoms with Crippen LogP contribution in [0.2, 0.25) is 0 Å². The largest absolute Gasteiger partial charge is 0.480 e. The second-order valence-corrected chi connectivity index (χ2v) is 3.90. The van der Waals surface area contributed by atoms with E-state index in [4.69, 9.17) is 4.74 Å². The Morgan fingerprint density at radius 3 is 2.88 bits per heavy atom. The van der Waals surface area contributed by atoms with Crippen molar-refractivity contribution < 1.29 is 4.74 Å². The van der Waals surface area contributed by atoms with Gasteiger partial charge in [0.05, 0.1) is 19.7 Å². The van der Waals surface area contributed by atoms with E-state index >= 15 is 0 Å². The number of aliphatic imine (C=N–C) groups is 1. The lowest BCUT2D eigenvalue weighted by molar-refractivity contribution is 0.243. The molecule has 1 aliphatic heterocycles. The van der Waals surface area contributed by atoms with Gasteiger partial charge in [-0.3, -0.25) is 9.89 Å². The maximum atomic E-state index is 5.46. The molecule has 1 aromatic rings. The molecule has 0 saturated carbocycles. The number of ether oxygens (including phenoxy) is 1. The summed E-state index contributed by atoms with van der Waals surface area (Å²) in [5.41, 5.74) is 1.35. The molecule has 0 aliphatic carbocycles. The monoisotopic (exact) mass is 218 g/mol. The van der Waals surface area contributed by atoms with Gasteiger partial charge >= 0.3 is 0 Å². The van der Waals surface area contributed by atoms with Crippen LogP contribution in [0.3, 0.4) is 0 Å². The standard InChI is InChI=1S/C13H18N2O/c1-2-16-13-11-15(9-8-14-13)10-12-6-4-3-5-7-12/h3-7H,2,8-11H2,1H3. The fourth-order valence-corrected chi connectivity index (χ4v) is 1.87. The van der Waals surface area contributed by atoms with Gasteiger partial charge in [0, 0.05) is 13.1 Å². The van der Waals surface area contributed by atoms with E-state index in [0.29, 0.717) is 6.61 Å². The third-order valence-electron chi connectivity index (χ3n) is 2.62. The number of benzene rings is 1. The van der Waals surface area contributed by atoms with Gasteiger partial charge in [-0.25, -0.2) is 0 Å². The third-order valence-corrected chi connectivity index (χ3v) is 2.62. The minimum atomic E-state index is 0.706. The number of hydrogen-bond donors (Lipinski definition) is 0. The highest BCUT2D eigenvalue weighted by molar-refractivity contribution is 5.78. The summed E-state index contributed by atoms with van der Waals surface area (Å²) in [4.78, 5) is 6.73. The van der Waals surface area contributed by atoms with Crippen LogP contribution in [0.4, 0.5) is 0 Å². The molecule has 16 heavy (non-hydrogen) atoms. The van der Waals surface area contributed by atoms with Crippen LogP contribution < -0.4 is 0 Å². The van der Waals surface area contributed by atoms with Gasteiger partial charge in [0.25, 0.3) is 0 Å². The highest BCUT2D eigenvalue weighted by Crippen LogP contribution is 2.07. The molecule has 0 unspecified atom stereocenters. The minimum Gasteiger partial charge on any atom is -0.480 e. The first-order valence-electron chi connectivity index (χ1n) is 5.81. The van der Waals surface area contributed by atoms with Gasteiger partial charge in [0.2, 0.25) is 0 Å². The predicted octanol–water partition coefficient (Wildman–Crippen LogP) is 1.94. The zero-order valence-electron chi connectivity index (χ0n) is 9.72. The van der Waals surface area contributed by atoms with E-state index in [2.05, 4.69) is 34.2 Å². The molecule has 0 fully saturated rings. The average molecular weight is 218 g/mol. The summed E-state index contributed by atoms with van der Waals surface area (Å²) in [6.07, 6.45) is 0. The Morgan fingerprint density at radius 2 is 2.12 bits per heavy atom. The van der Waals surface area contributed by atoms with E-state index in [0.717, 1.165) is 32.1 Å². The maximum Gasteiger partial charge on any atom is 0.197 e. The Bertz CT molecular complexity index is 348. The molecule has 1 aliphatic rings. The summed E-state index contributed by atoms with van der Waals surface area (Å²) >= 11 is 0. The van der Waals surface area contributed by atoms with Crippen LogP contribution >= 0.6 is 0 Å². The molecule has 0 saturated heterocycles. The van der Waals surface area contributed by atoms with Crippen molar-refractivity contribution >= 4 is 5.90 Å². The van der Waals surface area contributed by atoms with Crippen molar-refractivity contribution in [3.63, 3.8) is 0 Å². The second-order valence-electron chi connectivity index (χ2n) is 3.90. The molecule has 0 N–H and O–H groups in total. The second kappa shape index (κ2) is 5.66. The summed E-state index contributed by atoms with van der Waals surface area (Å²) in [6.45, 7) is 6.39. The Morgan fingerprint density at radius 1 is 1.31 bits per heavy atom. The summed E-state index contributed by atoms with van der Waals surface area (Å²) < 4.78 is 5.46. The Kier molecular flexibility index (Phi) is 3.94. The maximum absolute atomic E-state index is 5.46. The Hall–Kier alpha value is -1.35. The van der Waals surface area contributed by atoms with E-state index in [-0.39, 0.29) is 0 Å². The Labute approximate surface area is 96.7 Å². The molecular formula is C13H18N2O. The van der Waals surface area contributed by atoms with E-state index in [1.54, 1.807) is 0 Å². The van der Waals surface area contributed by atoms with Crippen LogP contribution in [0.1, 0.15) is 12.5 Å². The van der Waals surface area contributed by atoms with E-state index in [9.17, 15) is 0 Å². The van der Waals surface area contributed by atoms with Gasteiger partial charge in [-0.15, -0.1) is 0 Å². The van der Waals surface area contributed by atoms with Crippen molar-refractivity contribution in [2.45, 2.75) is 13.5 Å². The average Bonchev–Trinajstić information content (AvgIpc) is 2.31. The van der Waals surface area contributed by atoms with E-state index in [1.165, 1.54) is 5.56 Å². The van der Waals surface area contributed by atoms with Crippen molar-refractivity contribution in [2.75, 3.05) is 26.2 Å². The van der Waals surface area contributed by atoms with Crippen LogP contribution in [0.25, 0.3) is 0 Å². The van der Waals surface area contributed by atoms with Crippen molar-refractivity contribution in [1.82, 2.24) is 4.90 Å². The van der Waals surface area contributed by atoms with Gasteiger partial charge in [0.15, 0.2) is 5.90 Å². The molecule has 1 aromatic carbocycles. The summed E-state index contributed by atoms with van der Waals surface area (Å²) in [7, 11) is 0. The third kappa shape index (κ3) is 3.07. The molecule has 0 atom stereocenters. The summed E-state index contributed by atoms with van der Waals surface area (Å²) in [6, 6.07) is 10.5. The topological polar surface area (TPSA) is 24.8 Å². The number of nitrogens with zero attached hydrogens (tertiary/aromatic N) is 2. The molecule has 0 bridgehead atoms. The molecule has 3 nitrogen and oxygen atoms in total. The van der Waals surface area contributed by atoms with Crippen LogP contribution in [-0.4, -0.2) is 37.0 Å². The lowest BCUT2D eigenvalue weighted by Crippen LogP contribution is -2.36. The van der Waals surface area contributed by atoms with Crippen molar-refractivity contribution in [2.24, 2.45) is 4.99 Å². The number of hydrogen-bond acceptors (Lipinski definition) is 3. The summed E-state index contributed by atoms with van der Waals surface area (Å²) in [5, 5.41) is 0. The molecule has 1 heterocycles. The molecule has 0 aromatic heterocycles. The Balaban J connectivity index is 1.90. The lowest BCUT2D eigenvalue weighted by atomic mass is 10.2. The highest BCUT2D eigenvalue weighted by Gasteiger charge is 2.14. The van der Waals surface area contributed by atoms with Crippen LogP contribution in [0.15, 0.2) is 35.3 Å². The van der Waals surface area contributed by atoms with Gasteiger partial charge in [-0.05, 0) is 12.5 Å². The molecule has 0 radical (unpaired) electrons. The molecule has 3 heteroatoms. The molecule has 0 amide bonds. The SMILES string of the molecule is CCOC1=NCCN(Cc2ccccc2)C1. The van der Waals surface area contributed by atoms with Crippen molar-refractivity contribution in [3.8, 4) is 0 Å². The van der Waals surface area contributed by atoms with Crippen molar-refractivity contribution in [3.05, 3.63) is 35.9 Å². The zero-order valence-corrected chi connectivity index (χ0v) is 9.72. The van der Waals surface area contributed by atoms with Gasteiger partial charge in [-0.1, -0.05) is 30.3 Å². The normalized spacial score (nSPS) is 16.9. The zero-order chi connectivity index (χ0) is 11.2. The minimum absolute atomic E-state index is 0.706. The molecular weight excluding hydrogens is 200 g/mol. The van der Waals surface area contributed by atoms with Crippen molar-refractivity contribution in [1.29, 1.82) is 0 Å². The fourth-order valence-electron chi connectivity index (χ4n) is 1.87. The van der Waals surface area contributed by atoms with Gasteiger partial charge in [0.1, 0.15) is 0 Å². The van der Waals surface area contributed by atoms with E-state index in [1.807, 2.05) is 13.0 Å². The molecule has 2 rings (SSSR count). The predicted molar refractivity (Wildman–Crippen MR) is 65.6 cm³/mol. The van der Waals surface area contributed by atoms with E-state index < -0.39 is 0 Å². The summed E-state index contributed by atoms with van der Waals surface area (Å²) in [5.74, 6) is 0.879.